The van der Waals surface area contributed by atoms with Gasteiger partial charge in [-0.15, -0.1) is 0 Å². The number of aliphatic hydroxyl groups is 2. The van der Waals surface area contributed by atoms with Crippen LogP contribution in [0.15, 0.2) is 24.3 Å². The summed E-state index contributed by atoms with van der Waals surface area (Å²) in [5.41, 5.74) is 0. The molecule has 7 nitrogen and oxygen atoms in total. The number of amides is 1. The normalized spacial score (nSPS) is 13.9. The highest BCUT2D eigenvalue weighted by Gasteiger charge is 2.27. The van der Waals surface area contributed by atoms with Crippen LogP contribution in [0, 0.1) is 0 Å². The lowest BCUT2D eigenvalue weighted by Crippen LogP contribution is -2.50. The molecule has 0 saturated carbocycles. The van der Waals surface area contributed by atoms with Crippen molar-refractivity contribution in [1.29, 1.82) is 0 Å². The van der Waals surface area contributed by atoms with Crippen molar-refractivity contribution in [1.82, 2.24) is 5.32 Å². The van der Waals surface area contributed by atoms with Crippen molar-refractivity contribution in [2.45, 2.75) is 257 Å². The first kappa shape index (κ1) is 52.8. The van der Waals surface area contributed by atoms with Gasteiger partial charge in [-0.05, 0) is 44.9 Å². The maximum Gasteiger partial charge on any atom is 0.267 e. The molecular weight excluding hydrogens is 695 g/mol. The van der Waals surface area contributed by atoms with E-state index in [2.05, 4.69) is 31.3 Å². The summed E-state index contributed by atoms with van der Waals surface area (Å²) < 4.78 is 32.6. The maximum atomic E-state index is 12.6. The topological polar surface area (TPSA) is 124 Å². The highest BCUT2D eigenvalue weighted by Crippen LogP contribution is 2.16. The van der Waals surface area contributed by atoms with Crippen molar-refractivity contribution < 1.29 is 28.0 Å². The number of aliphatic hydroxyl groups excluding tert-OH is 2. The van der Waals surface area contributed by atoms with E-state index in [1.807, 2.05) is 6.08 Å². The van der Waals surface area contributed by atoms with Gasteiger partial charge in [-0.2, -0.15) is 8.42 Å². The van der Waals surface area contributed by atoms with Crippen molar-refractivity contribution in [3.63, 3.8) is 0 Å². The summed E-state index contributed by atoms with van der Waals surface area (Å²) in [6.45, 7) is 4.53. The lowest BCUT2D eigenvalue weighted by Gasteiger charge is -2.22. The van der Waals surface area contributed by atoms with Gasteiger partial charge in [0, 0.05) is 0 Å². The molecule has 0 aromatic carbocycles. The standard InChI is InChI=1S/C46H89NO6S/c1-3-5-7-9-11-13-15-17-19-21-23-25-27-29-31-33-35-37-39-41-45(49)46(50)47-43(42-54(51,52)53)44(48)40-38-36-34-32-30-28-26-24-22-20-18-16-14-12-10-8-6-4-2/h23,25,38,40,43-45,48-49H,3-22,24,26-37,39,41-42H2,1-2H3,(H,47,50)(H,51,52,53)/b25-23-,40-38+. The quantitative estimate of drug-likeness (QED) is 0.0278. The average molecular weight is 784 g/mol. The highest BCUT2D eigenvalue weighted by molar-refractivity contribution is 7.85. The molecular formula is C46H89NO6S. The molecule has 0 aromatic rings. The van der Waals surface area contributed by atoms with E-state index in [4.69, 9.17) is 0 Å². The fourth-order valence-electron chi connectivity index (χ4n) is 7.16. The van der Waals surface area contributed by atoms with E-state index in [0.29, 0.717) is 6.42 Å². The Labute approximate surface area is 335 Å². The van der Waals surface area contributed by atoms with Crippen LogP contribution in [-0.4, -0.2) is 53.1 Å². The zero-order chi connectivity index (χ0) is 39.8. The first-order valence-corrected chi connectivity index (χ1v) is 24.8. The van der Waals surface area contributed by atoms with E-state index in [1.165, 1.54) is 173 Å². The molecule has 0 aliphatic heterocycles. The van der Waals surface area contributed by atoms with Crippen molar-refractivity contribution in [2.75, 3.05) is 5.75 Å². The summed E-state index contributed by atoms with van der Waals surface area (Å²) in [4.78, 5) is 12.6. The molecule has 0 radical (unpaired) electrons. The Hall–Kier alpha value is -1.22. The third-order valence-corrected chi connectivity index (χ3v) is 11.5. The molecule has 3 unspecified atom stereocenters. The summed E-state index contributed by atoms with van der Waals surface area (Å²) >= 11 is 0. The van der Waals surface area contributed by atoms with Crippen LogP contribution in [0.5, 0.6) is 0 Å². The van der Waals surface area contributed by atoms with Crippen LogP contribution in [0.3, 0.4) is 0 Å². The number of nitrogens with one attached hydrogen (secondary N) is 1. The second-order valence-corrected chi connectivity index (χ2v) is 17.7. The van der Waals surface area contributed by atoms with E-state index in [1.54, 1.807) is 0 Å². The number of carbonyl (C=O) groups is 1. The van der Waals surface area contributed by atoms with E-state index in [9.17, 15) is 28.0 Å². The zero-order valence-electron chi connectivity index (χ0n) is 35.5. The third kappa shape index (κ3) is 39.0. The molecule has 0 spiro atoms. The van der Waals surface area contributed by atoms with E-state index < -0.39 is 40.0 Å². The Kier molecular flexibility index (Phi) is 39.1. The van der Waals surface area contributed by atoms with Gasteiger partial charge in [0.25, 0.3) is 10.1 Å². The summed E-state index contributed by atoms with van der Waals surface area (Å²) in [6, 6.07) is -1.23. The van der Waals surface area contributed by atoms with Gasteiger partial charge < -0.3 is 15.5 Å². The lowest BCUT2D eigenvalue weighted by molar-refractivity contribution is -0.130. The molecule has 0 rings (SSSR count). The fraction of sp³-hybridized carbons (Fsp3) is 0.891. The monoisotopic (exact) mass is 784 g/mol. The first-order valence-electron chi connectivity index (χ1n) is 23.1. The summed E-state index contributed by atoms with van der Waals surface area (Å²) in [6.07, 6.45) is 48.0. The third-order valence-electron chi connectivity index (χ3n) is 10.7. The number of unbranched alkanes of at least 4 members (excludes halogenated alkanes) is 31. The molecule has 0 aliphatic carbocycles. The van der Waals surface area contributed by atoms with Gasteiger partial charge in [0.1, 0.15) is 6.10 Å². The van der Waals surface area contributed by atoms with Crippen molar-refractivity contribution in [3.8, 4) is 0 Å². The molecule has 320 valence electrons. The Morgan fingerprint density at radius 2 is 0.815 bits per heavy atom. The van der Waals surface area contributed by atoms with Gasteiger partial charge in [-0.1, -0.05) is 218 Å². The average Bonchev–Trinajstić information content (AvgIpc) is 3.14. The van der Waals surface area contributed by atoms with Crippen LogP contribution in [0.4, 0.5) is 0 Å². The number of hydrogen-bond donors (Lipinski definition) is 4. The Morgan fingerprint density at radius 1 is 0.500 bits per heavy atom. The molecule has 1 amide bonds. The van der Waals surface area contributed by atoms with Crippen molar-refractivity contribution >= 4 is 16.0 Å². The maximum absolute atomic E-state index is 12.6. The molecule has 4 N–H and O–H groups in total. The molecule has 0 aromatic heterocycles. The molecule has 0 heterocycles. The SMILES string of the molecule is CCCCCCCCCCC/C=C\CCCCCCCCC(O)C(=O)NC(CS(=O)(=O)O)C(O)/C=C/CCCCCCCCCCCCCCCCCC. The van der Waals surface area contributed by atoms with E-state index in [-0.39, 0.29) is 6.42 Å². The molecule has 0 fully saturated rings. The van der Waals surface area contributed by atoms with Crippen LogP contribution < -0.4 is 5.32 Å². The predicted molar refractivity (Wildman–Crippen MR) is 232 cm³/mol. The molecule has 3 atom stereocenters. The second-order valence-electron chi connectivity index (χ2n) is 16.2. The minimum atomic E-state index is -4.44. The fourth-order valence-corrected chi connectivity index (χ4v) is 7.89. The Morgan fingerprint density at radius 3 is 1.17 bits per heavy atom. The van der Waals surface area contributed by atoms with Gasteiger partial charge in [-0.3, -0.25) is 9.35 Å². The van der Waals surface area contributed by atoms with E-state index >= 15 is 0 Å². The summed E-state index contributed by atoms with van der Waals surface area (Å²) in [5, 5.41) is 23.5. The van der Waals surface area contributed by atoms with Gasteiger partial charge in [-0.25, -0.2) is 0 Å². The molecule has 8 heteroatoms. The van der Waals surface area contributed by atoms with Crippen LogP contribution in [0.1, 0.15) is 239 Å². The van der Waals surface area contributed by atoms with Crippen LogP contribution in [0.25, 0.3) is 0 Å². The number of carbonyl (C=O) groups excluding carboxylic acids is 1. The highest BCUT2D eigenvalue weighted by atomic mass is 32.2. The molecule has 54 heavy (non-hydrogen) atoms. The van der Waals surface area contributed by atoms with Crippen LogP contribution in [-0.2, 0) is 14.9 Å². The molecule has 0 bridgehead atoms. The van der Waals surface area contributed by atoms with Gasteiger partial charge >= 0.3 is 0 Å². The van der Waals surface area contributed by atoms with Gasteiger partial charge in [0.15, 0.2) is 0 Å². The largest absolute Gasteiger partial charge is 0.387 e. The minimum absolute atomic E-state index is 0.275. The Balaban J connectivity index is 3.97. The Bertz CT molecular complexity index is 968. The summed E-state index contributed by atoms with van der Waals surface area (Å²) in [7, 11) is -4.44. The minimum Gasteiger partial charge on any atom is -0.387 e. The zero-order valence-corrected chi connectivity index (χ0v) is 36.3. The summed E-state index contributed by atoms with van der Waals surface area (Å²) in [5.74, 6) is -1.53. The predicted octanol–water partition coefficient (Wildman–Crippen LogP) is 12.9. The molecule has 0 saturated heterocycles. The van der Waals surface area contributed by atoms with E-state index in [0.717, 1.165) is 44.9 Å². The second kappa shape index (κ2) is 40.0. The van der Waals surface area contributed by atoms with Gasteiger partial charge in [0.05, 0.1) is 17.9 Å². The number of rotatable bonds is 42. The van der Waals surface area contributed by atoms with Crippen LogP contribution >= 0.6 is 0 Å². The van der Waals surface area contributed by atoms with Crippen molar-refractivity contribution in [2.24, 2.45) is 0 Å². The smallest absolute Gasteiger partial charge is 0.267 e. The number of allylic oxidation sites excluding steroid dienone is 3. The lowest BCUT2D eigenvalue weighted by atomic mass is 10.0. The van der Waals surface area contributed by atoms with Crippen molar-refractivity contribution in [3.05, 3.63) is 24.3 Å². The molecule has 0 aliphatic rings. The first-order chi connectivity index (χ1) is 26.2. The number of hydrogen-bond acceptors (Lipinski definition) is 5. The van der Waals surface area contributed by atoms with Crippen LogP contribution in [0.2, 0.25) is 0 Å². The van der Waals surface area contributed by atoms with Gasteiger partial charge in [0.2, 0.25) is 5.91 Å².